The van der Waals surface area contributed by atoms with Gasteiger partial charge in [0, 0.05) is 0 Å². The van der Waals surface area contributed by atoms with Crippen molar-refractivity contribution >= 4 is 5.97 Å². The Bertz CT molecular complexity index is 539. The minimum absolute atomic E-state index is 0.0174. The summed E-state index contributed by atoms with van der Waals surface area (Å²) < 4.78 is 15.7. The average Bonchev–Trinajstić information content (AvgIpc) is 2.56. The molecule has 0 unspecified atom stereocenters. The van der Waals surface area contributed by atoms with Gasteiger partial charge in [-0.25, -0.2) is 4.79 Å². The van der Waals surface area contributed by atoms with Crippen LogP contribution in [0.2, 0.25) is 0 Å². The summed E-state index contributed by atoms with van der Waals surface area (Å²) in [6.45, 7) is 0.451. The maximum absolute atomic E-state index is 11.8. The van der Waals surface area contributed by atoms with Crippen molar-refractivity contribution in [3.63, 3.8) is 0 Å². The molecule has 0 aliphatic heterocycles. The van der Waals surface area contributed by atoms with Crippen LogP contribution in [0.25, 0.3) is 0 Å². The van der Waals surface area contributed by atoms with E-state index in [2.05, 4.69) is 0 Å². The van der Waals surface area contributed by atoms with Gasteiger partial charge in [0.25, 0.3) is 0 Å². The number of hydrogen-bond donors (Lipinski definition) is 0. The van der Waals surface area contributed by atoms with Crippen molar-refractivity contribution in [2.75, 3.05) is 13.9 Å². The summed E-state index contributed by atoms with van der Waals surface area (Å²) in [4.78, 5) is 11.8. The number of methoxy groups -OCH3 is 1. The van der Waals surface area contributed by atoms with E-state index in [0.717, 1.165) is 11.1 Å². The second-order valence-electron chi connectivity index (χ2n) is 4.43. The van der Waals surface area contributed by atoms with Crippen LogP contribution in [-0.2, 0) is 25.6 Å². The molecule has 0 saturated heterocycles. The second-order valence-corrected chi connectivity index (χ2v) is 4.43. The van der Waals surface area contributed by atoms with Gasteiger partial charge in [-0.3, -0.25) is 0 Å². The summed E-state index contributed by atoms with van der Waals surface area (Å²) in [5, 5.41) is 0. The molecule has 1 atom stereocenters. The van der Waals surface area contributed by atoms with Gasteiger partial charge in [-0.05, 0) is 11.1 Å². The van der Waals surface area contributed by atoms with Crippen molar-refractivity contribution in [2.24, 2.45) is 0 Å². The third kappa shape index (κ3) is 4.70. The van der Waals surface area contributed by atoms with Gasteiger partial charge in [0.2, 0.25) is 0 Å². The van der Waals surface area contributed by atoms with Crippen molar-refractivity contribution in [3.05, 3.63) is 71.8 Å². The predicted molar refractivity (Wildman–Crippen MR) is 78.4 cm³/mol. The molecule has 0 aliphatic carbocycles. The zero-order chi connectivity index (χ0) is 14.9. The van der Waals surface area contributed by atoms with Gasteiger partial charge in [-0.15, -0.1) is 0 Å². The quantitative estimate of drug-likeness (QED) is 0.446. The van der Waals surface area contributed by atoms with E-state index < -0.39 is 12.1 Å². The SMILES string of the molecule is COC(=O)[C@@H](OCOCc1ccccc1)c1ccccc1. The summed E-state index contributed by atoms with van der Waals surface area (Å²) >= 11 is 0. The van der Waals surface area contributed by atoms with E-state index in [0.29, 0.717) is 6.61 Å². The largest absolute Gasteiger partial charge is 0.467 e. The van der Waals surface area contributed by atoms with Crippen LogP contribution in [0.1, 0.15) is 17.2 Å². The van der Waals surface area contributed by atoms with E-state index in [1.54, 1.807) is 0 Å². The number of carbonyl (C=O) groups excluding carboxylic acids is 1. The van der Waals surface area contributed by atoms with Crippen LogP contribution in [0.3, 0.4) is 0 Å². The van der Waals surface area contributed by atoms with E-state index >= 15 is 0 Å². The zero-order valence-electron chi connectivity index (χ0n) is 11.9. The first-order valence-corrected chi connectivity index (χ1v) is 6.67. The Hall–Kier alpha value is -2.17. The number of hydrogen-bond acceptors (Lipinski definition) is 4. The van der Waals surface area contributed by atoms with Gasteiger partial charge in [0.05, 0.1) is 13.7 Å². The molecule has 0 amide bonds. The molecule has 110 valence electrons. The minimum atomic E-state index is -0.771. The molecule has 0 aliphatic rings. The molecule has 0 heterocycles. The maximum Gasteiger partial charge on any atom is 0.339 e. The first kappa shape index (κ1) is 15.2. The Balaban J connectivity index is 1.87. The van der Waals surface area contributed by atoms with E-state index in [4.69, 9.17) is 14.2 Å². The fourth-order valence-corrected chi connectivity index (χ4v) is 1.89. The molecule has 0 saturated carbocycles. The van der Waals surface area contributed by atoms with Gasteiger partial charge < -0.3 is 14.2 Å². The lowest BCUT2D eigenvalue weighted by Crippen LogP contribution is -2.19. The molecular weight excluding hydrogens is 268 g/mol. The smallest absolute Gasteiger partial charge is 0.339 e. The Morgan fingerprint density at radius 2 is 1.62 bits per heavy atom. The topological polar surface area (TPSA) is 44.8 Å². The number of esters is 1. The Labute approximate surface area is 124 Å². The number of ether oxygens (including phenoxy) is 3. The van der Waals surface area contributed by atoms with Crippen LogP contribution in [0, 0.1) is 0 Å². The monoisotopic (exact) mass is 286 g/mol. The van der Waals surface area contributed by atoms with Gasteiger partial charge in [0.15, 0.2) is 6.10 Å². The van der Waals surface area contributed by atoms with Crippen molar-refractivity contribution in [2.45, 2.75) is 12.7 Å². The molecule has 0 N–H and O–H groups in total. The first-order chi connectivity index (χ1) is 10.3. The summed E-state index contributed by atoms with van der Waals surface area (Å²) in [5.74, 6) is -0.440. The fourth-order valence-electron chi connectivity index (χ4n) is 1.89. The van der Waals surface area contributed by atoms with Crippen molar-refractivity contribution in [1.29, 1.82) is 0 Å². The third-order valence-corrected chi connectivity index (χ3v) is 2.95. The second kappa shape index (κ2) is 8.19. The minimum Gasteiger partial charge on any atom is -0.467 e. The zero-order valence-corrected chi connectivity index (χ0v) is 11.9. The first-order valence-electron chi connectivity index (χ1n) is 6.67. The molecule has 0 fully saturated rings. The standard InChI is InChI=1S/C17H18O4/c1-19-17(18)16(15-10-6-3-7-11-15)21-13-20-12-14-8-4-2-5-9-14/h2-11,16H,12-13H2,1H3/t16-/m0/s1. The van der Waals surface area contributed by atoms with Crippen molar-refractivity contribution in [1.82, 2.24) is 0 Å². The van der Waals surface area contributed by atoms with E-state index in [1.165, 1.54) is 7.11 Å². The summed E-state index contributed by atoms with van der Waals surface area (Å²) in [5.41, 5.74) is 1.79. The van der Waals surface area contributed by atoms with Gasteiger partial charge in [0.1, 0.15) is 6.79 Å². The highest BCUT2D eigenvalue weighted by molar-refractivity contribution is 5.76. The number of rotatable bonds is 7. The van der Waals surface area contributed by atoms with Gasteiger partial charge >= 0.3 is 5.97 Å². The molecule has 0 aromatic heterocycles. The van der Waals surface area contributed by atoms with Crippen LogP contribution >= 0.6 is 0 Å². The van der Waals surface area contributed by atoms with Crippen LogP contribution < -0.4 is 0 Å². The van der Waals surface area contributed by atoms with E-state index in [-0.39, 0.29) is 6.79 Å². The maximum atomic E-state index is 11.8. The summed E-state index contributed by atoms with van der Waals surface area (Å²) in [6.07, 6.45) is -0.771. The van der Waals surface area contributed by atoms with Crippen LogP contribution in [0.5, 0.6) is 0 Å². The number of carbonyl (C=O) groups is 1. The third-order valence-electron chi connectivity index (χ3n) is 2.95. The lowest BCUT2D eigenvalue weighted by Gasteiger charge is -2.16. The molecule has 2 aromatic rings. The molecule has 0 radical (unpaired) electrons. The highest BCUT2D eigenvalue weighted by atomic mass is 16.7. The Morgan fingerprint density at radius 3 is 2.24 bits per heavy atom. The van der Waals surface area contributed by atoms with Crippen LogP contribution in [0.15, 0.2) is 60.7 Å². The Morgan fingerprint density at radius 1 is 1.00 bits per heavy atom. The molecule has 21 heavy (non-hydrogen) atoms. The van der Waals surface area contributed by atoms with Gasteiger partial charge in [-0.1, -0.05) is 60.7 Å². The Kier molecular flexibility index (Phi) is 5.94. The summed E-state index contributed by atoms with van der Waals surface area (Å²) in [7, 11) is 1.34. The molecule has 2 aromatic carbocycles. The van der Waals surface area contributed by atoms with E-state index in [1.807, 2.05) is 60.7 Å². The summed E-state index contributed by atoms with van der Waals surface area (Å²) in [6, 6.07) is 19.0. The normalized spacial score (nSPS) is 11.9. The van der Waals surface area contributed by atoms with Gasteiger partial charge in [-0.2, -0.15) is 0 Å². The molecule has 0 bridgehead atoms. The highest BCUT2D eigenvalue weighted by Crippen LogP contribution is 2.18. The molecular formula is C17H18O4. The lowest BCUT2D eigenvalue weighted by molar-refractivity contribution is -0.166. The average molecular weight is 286 g/mol. The van der Waals surface area contributed by atoms with Crippen molar-refractivity contribution < 1.29 is 19.0 Å². The number of benzene rings is 2. The fraction of sp³-hybridized carbons (Fsp3) is 0.235. The van der Waals surface area contributed by atoms with E-state index in [9.17, 15) is 4.79 Å². The molecule has 4 nitrogen and oxygen atoms in total. The molecule has 0 spiro atoms. The van der Waals surface area contributed by atoms with Crippen LogP contribution in [0.4, 0.5) is 0 Å². The lowest BCUT2D eigenvalue weighted by atomic mass is 10.1. The van der Waals surface area contributed by atoms with Crippen LogP contribution in [-0.4, -0.2) is 19.9 Å². The predicted octanol–water partition coefficient (Wildman–Crippen LogP) is 3.09. The molecule has 4 heteroatoms. The highest BCUT2D eigenvalue weighted by Gasteiger charge is 2.21. The van der Waals surface area contributed by atoms with Crippen molar-refractivity contribution in [3.8, 4) is 0 Å². The molecule has 2 rings (SSSR count).